The lowest BCUT2D eigenvalue weighted by molar-refractivity contribution is -0.146. The molecule has 2 atom stereocenters. The molecule has 0 spiro atoms. The van der Waals surface area contributed by atoms with Gasteiger partial charge in [0, 0.05) is 11.3 Å². The standard InChI is InChI=1S/C20H21N3O6/c1-10-13-7-11(3-6-14(13)21-17(10)26)15(24)9-29-16(25)8-23-18(27)20(2,12-4-5-12)22-19(23)28/h3,6-7,10,12H,4-5,8-9H2,1-2H3,(H,21,26)(H,22,28)/t10-,20-/m0/s1. The van der Waals surface area contributed by atoms with Crippen molar-refractivity contribution < 1.29 is 28.7 Å². The molecule has 1 aromatic rings. The predicted molar refractivity (Wildman–Crippen MR) is 100 cm³/mol. The minimum absolute atomic E-state index is 0.0881. The molecule has 2 aliphatic heterocycles. The fourth-order valence-electron chi connectivity index (χ4n) is 3.79. The maximum atomic E-state index is 12.5. The van der Waals surface area contributed by atoms with Crippen LogP contribution >= 0.6 is 0 Å². The number of esters is 1. The second-order valence-electron chi connectivity index (χ2n) is 7.89. The Bertz CT molecular complexity index is 954. The van der Waals surface area contributed by atoms with Gasteiger partial charge in [-0.25, -0.2) is 4.79 Å². The van der Waals surface area contributed by atoms with E-state index in [2.05, 4.69) is 10.6 Å². The Balaban J connectivity index is 1.34. The molecule has 0 radical (unpaired) electrons. The molecule has 9 heteroatoms. The fraction of sp³-hybridized carbons (Fsp3) is 0.450. The number of ether oxygens (including phenoxy) is 1. The van der Waals surface area contributed by atoms with E-state index in [-0.39, 0.29) is 17.7 Å². The second-order valence-corrected chi connectivity index (χ2v) is 7.89. The minimum Gasteiger partial charge on any atom is -0.456 e. The average molecular weight is 399 g/mol. The third-order valence-electron chi connectivity index (χ3n) is 5.84. The van der Waals surface area contributed by atoms with Crippen molar-refractivity contribution in [3.63, 3.8) is 0 Å². The van der Waals surface area contributed by atoms with Crippen molar-refractivity contribution in [1.29, 1.82) is 0 Å². The van der Waals surface area contributed by atoms with E-state index in [1.165, 1.54) is 0 Å². The number of hydrogen-bond acceptors (Lipinski definition) is 6. The quantitative estimate of drug-likeness (QED) is 0.421. The van der Waals surface area contributed by atoms with Gasteiger partial charge < -0.3 is 15.4 Å². The van der Waals surface area contributed by atoms with Crippen LogP contribution in [-0.4, -0.2) is 53.2 Å². The van der Waals surface area contributed by atoms with Crippen molar-refractivity contribution in [2.45, 2.75) is 38.1 Å². The van der Waals surface area contributed by atoms with Crippen LogP contribution < -0.4 is 10.6 Å². The van der Waals surface area contributed by atoms with Crippen LogP contribution in [0.1, 0.15) is 48.5 Å². The lowest BCUT2D eigenvalue weighted by Crippen LogP contribution is -2.46. The number of imide groups is 1. The number of fused-ring (bicyclic) bond motifs is 1. The van der Waals surface area contributed by atoms with Gasteiger partial charge in [-0.1, -0.05) is 0 Å². The first-order valence-electron chi connectivity index (χ1n) is 9.48. The van der Waals surface area contributed by atoms with E-state index >= 15 is 0 Å². The zero-order chi connectivity index (χ0) is 20.9. The summed E-state index contributed by atoms with van der Waals surface area (Å²) in [5, 5.41) is 5.37. The molecule has 1 aromatic carbocycles. The lowest BCUT2D eigenvalue weighted by Gasteiger charge is -2.20. The van der Waals surface area contributed by atoms with Gasteiger partial charge in [-0.15, -0.1) is 0 Å². The van der Waals surface area contributed by atoms with E-state index in [1.54, 1.807) is 32.0 Å². The number of ketones is 1. The molecule has 2 fully saturated rings. The smallest absolute Gasteiger partial charge is 0.326 e. The number of urea groups is 1. The maximum absolute atomic E-state index is 12.5. The van der Waals surface area contributed by atoms with Gasteiger partial charge in [0.15, 0.2) is 12.4 Å². The van der Waals surface area contributed by atoms with Crippen molar-refractivity contribution >= 4 is 35.3 Å². The number of nitrogens with zero attached hydrogens (tertiary/aromatic N) is 1. The highest BCUT2D eigenvalue weighted by molar-refractivity contribution is 6.09. The summed E-state index contributed by atoms with van der Waals surface area (Å²) in [5.74, 6) is -2.13. The Kier molecular flexibility index (Phi) is 4.40. The van der Waals surface area contributed by atoms with Gasteiger partial charge in [0.1, 0.15) is 12.1 Å². The molecule has 1 aliphatic carbocycles. The van der Waals surface area contributed by atoms with Crippen molar-refractivity contribution in [1.82, 2.24) is 10.2 Å². The van der Waals surface area contributed by atoms with Crippen molar-refractivity contribution in [2.24, 2.45) is 5.92 Å². The molecule has 0 bridgehead atoms. The average Bonchev–Trinajstić information content (AvgIpc) is 3.47. The highest BCUT2D eigenvalue weighted by atomic mass is 16.5. The van der Waals surface area contributed by atoms with Crippen LogP contribution in [-0.2, 0) is 19.1 Å². The van der Waals surface area contributed by atoms with Crippen molar-refractivity contribution in [2.75, 3.05) is 18.5 Å². The number of amides is 4. The van der Waals surface area contributed by atoms with Gasteiger partial charge in [-0.3, -0.25) is 24.1 Å². The second kappa shape index (κ2) is 6.68. The number of Topliss-reactive ketones (excluding diaryl/α,β-unsaturated/α-hetero) is 1. The van der Waals surface area contributed by atoms with Gasteiger partial charge in [-0.05, 0) is 56.4 Å². The molecule has 2 N–H and O–H groups in total. The van der Waals surface area contributed by atoms with Crippen LogP contribution in [0.5, 0.6) is 0 Å². The molecule has 152 valence electrons. The Labute approximate surface area is 166 Å². The number of benzene rings is 1. The molecule has 29 heavy (non-hydrogen) atoms. The molecule has 0 unspecified atom stereocenters. The summed E-state index contributed by atoms with van der Waals surface area (Å²) in [4.78, 5) is 61.6. The topological polar surface area (TPSA) is 122 Å². The molecule has 1 saturated heterocycles. The van der Waals surface area contributed by atoms with Gasteiger partial charge in [0.05, 0.1) is 5.92 Å². The molecule has 0 aromatic heterocycles. The number of anilines is 1. The summed E-state index contributed by atoms with van der Waals surface area (Å²) < 4.78 is 4.98. The Morgan fingerprint density at radius 2 is 1.97 bits per heavy atom. The summed E-state index contributed by atoms with van der Waals surface area (Å²) in [7, 11) is 0. The Morgan fingerprint density at radius 1 is 1.24 bits per heavy atom. The monoisotopic (exact) mass is 399 g/mol. The van der Waals surface area contributed by atoms with Crippen LogP contribution in [0.15, 0.2) is 18.2 Å². The van der Waals surface area contributed by atoms with Crippen LogP contribution in [0.4, 0.5) is 10.5 Å². The summed E-state index contributed by atoms with van der Waals surface area (Å²) in [6.07, 6.45) is 1.71. The third-order valence-corrected chi connectivity index (χ3v) is 5.84. The first-order chi connectivity index (χ1) is 13.7. The fourth-order valence-corrected chi connectivity index (χ4v) is 3.79. The molecule has 3 aliphatic rings. The van der Waals surface area contributed by atoms with Gasteiger partial charge in [-0.2, -0.15) is 0 Å². The largest absolute Gasteiger partial charge is 0.456 e. The van der Waals surface area contributed by atoms with Crippen molar-refractivity contribution in [3.8, 4) is 0 Å². The van der Waals surface area contributed by atoms with E-state index < -0.39 is 42.4 Å². The summed E-state index contributed by atoms with van der Waals surface area (Å²) in [5.41, 5.74) is 0.718. The van der Waals surface area contributed by atoms with E-state index in [1.807, 2.05) is 0 Å². The summed E-state index contributed by atoms with van der Waals surface area (Å²) >= 11 is 0. The van der Waals surface area contributed by atoms with Crippen LogP contribution in [0.2, 0.25) is 0 Å². The molecular formula is C20H21N3O6. The number of hydrogen-bond donors (Lipinski definition) is 2. The third kappa shape index (κ3) is 3.26. The van der Waals surface area contributed by atoms with Crippen LogP contribution in [0, 0.1) is 5.92 Å². The predicted octanol–water partition coefficient (Wildman–Crippen LogP) is 1.19. The molecule has 9 nitrogen and oxygen atoms in total. The van der Waals surface area contributed by atoms with E-state index in [0.717, 1.165) is 17.7 Å². The number of carbonyl (C=O) groups excluding carboxylic acids is 5. The molecular weight excluding hydrogens is 378 g/mol. The first kappa shape index (κ1) is 19.1. The Hall–Kier alpha value is -3.23. The zero-order valence-corrected chi connectivity index (χ0v) is 16.1. The maximum Gasteiger partial charge on any atom is 0.326 e. The van der Waals surface area contributed by atoms with E-state index in [9.17, 15) is 24.0 Å². The highest BCUT2D eigenvalue weighted by Gasteiger charge is 2.56. The van der Waals surface area contributed by atoms with Gasteiger partial charge in [0.25, 0.3) is 5.91 Å². The van der Waals surface area contributed by atoms with Crippen LogP contribution in [0.25, 0.3) is 0 Å². The number of nitrogens with one attached hydrogen (secondary N) is 2. The SMILES string of the molecule is C[C@@H]1C(=O)Nc2ccc(C(=O)COC(=O)CN3C(=O)N[C@@](C)(C4CC4)C3=O)cc21. The molecule has 4 amide bonds. The lowest BCUT2D eigenvalue weighted by atomic mass is 9.96. The van der Waals surface area contributed by atoms with E-state index in [4.69, 9.17) is 4.74 Å². The molecule has 1 saturated carbocycles. The van der Waals surface area contributed by atoms with Gasteiger partial charge >= 0.3 is 12.0 Å². The van der Waals surface area contributed by atoms with Crippen LogP contribution in [0.3, 0.4) is 0 Å². The molecule has 2 heterocycles. The normalized spacial score (nSPS) is 25.5. The summed E-state index contributed by atoms with van der Waals surface area (Å²) in [6.45, 7) is 2.34. The number of carbonyl (C=O) groups is 5. The van der Waals surface area contributed by atoms with Gasteiger partial charge in [0.2, 0.25) is 5.91 Å². The zero-order valence-electron chi connectivity index (χ0n) is 16.1. The highest BCUT2D eigenvalue weighted by Crippen LogP contribution is 2.42. The number of rotatable bonds is 6. The summed E-state index contributed by atoms with van der Waals surface area (Å²) in [6, 6.07) is 4.16. The molecule has 4 rings (SSSR count). The minimum atomic E-state index is -0.972. The van der Waals surface area contributed by atoms with Crippen molar-refractivity contribution in [3.05, 3.63) is 29.3 Å². The Morgan fingerprint density at radius 3 is 2.66 bits per heavy atom. The first-order valence-corrected chi connectivity index (χ1v) is 9.48. The van der Waals surface area contributed by atoms with E-state index in [0.29, 0.717) is 16.8 Å².